The molecule has 1 rings (SSSR count). The van der Waals surface area contributed by atoms with Gasteiger partial charge >= 0.3 is 0 Å². The fourth-order valence-electron chi connectivity index (χ4n) is 2.04. The Morgan fingerprint density at radius 1 is 1.38 bits per heavy atom. The van der Waals surface area contributed by atoms with E-state index in [9.17, 15) is 4.39 Å². The Labute approximate surface area is 88.8 Å². The summed E-state index contributed by atoms with van der Waals surface area (Å²) in [5.74, 6) is 0. The van der Waals surface area contributed by atoms with E-state index in [4.69, 9.17) is 0 Å². The first kappa shape index (κ1) is 11.4. The van der Waals surface area contributed by atoms with E-state index in [1.54, 1.807) is 0 Å². The summed E-state index contributed by atoms with van der Waals surface area (Å²) in [6, 6.07) is 0.625. The molecule has 0 radical (unpaired) electrons. The summed E-state index contributed by atoms with van der Waals surface area (Å²) in [7, 11) is 2.11. The van der Waals surface area contributed by atoms with Crippen molar-refractivity contribution in [3.8, 4) is 0 Å². The highest BCUT2D eigenvalue weighted by Gasteiger charge is 2.25. The minimum Gasteiger partial charge on any atom is -0.302 e. The molecule has 0 bridgehead atoms. The Kier molecular flexibility index (Phi) is 5.25. The van der Waals surface area contributed by atoms with Gasteiger partial charge in [-0.3, -0.25) is 4.39 Å². The van der Waals surface area contributed by atoms with Crippen LogP contribution in [-0.4, -0.2) is 36.0 Å². The Morgan fingerprint density at radius 2 is 2.08 bits per heavy atom. The molecule has 3 heteroatoms. The first-order valence-electron chi connectivity index (χ1n) is 5.16. The van der Waals surface area contributed by atoms with Crippen molar-refractivity contribution in [3.05, 3.63) is 0 Å². The maximum atomic E-state index is 12.0. The minimum absolute atomic E-state index is 0.190. The number of halogens is 2. The van der Waals surface area contributed by atoms with Gasteiger partial charge in [0.25, 0.3) is 0 Å². The van der Waals surface area contributed by atoms with Crippen LogP contribution in [0.2, 0.25) is 0 Å². The fraction of sp³-hybridized carbons (Fsp3) is 1.00. The van der Waals surface area contributed by atoms with Crippen molar-refractivity contribution in [1.29, 1.82) is 0 Å². The Balaban J connectivity index is 2.30. The van der Waals surface area contributed by atoms with Crippen molar-refractivity contribution >= 4 is 15.9 Å². The highest BCUT2D eigenvalue weighted by molar-refractivity contribution is 9.09. The van der Waals surface area contributed by atoms with Crippen LogP contribution in [0.5, 0.6) is 0 Å². The van der Waals surface area contributed by atoms with Gasteiger partial charge in [0.1, 0.15) is 0 Å². The highest BCUT2D eigenvalue weighted by Crippen LogP contribution is 2.27. The average Bonchev–Trinajstić information content (AvgIpc) is 2.15. The molecule has 0 heterocycles. The average molecular weight is 252 g/mol. The van der Waals surface area contributed by atoms with Gasteiger partial charge in [0.15, 0.2) is 0 Å². The molecule has 0 aromatic carbocycles. The van der Waals surface area contributed by atoms with Crippen LogP contribution >= 0.6 is 15.9 Å². The van der Waals surface area contributed by atoms with Crippen molar-refractivity contribution in [2.75, 3.05) is 20.3 Å². The lowest BCUT2D eigenvalue weighted by Crippen LogP contribution is -2.41. The van der Waals surface area contributed by atoms with E-state index in [0.717, 1.165) is 6.54 Å². The fourth-order valence-corrected chi connectivity index (χ4v) is 3.03. The molecule has 1 nitrogen and oxygen atoms in total. The molecule has 0 aromatic heterocycles. The van der Waals surface area contributed by atoms with Crippen molar-refractivity contribution in [2.24, 2.45) is 0 Å². The van der Waals surface area contributed by atoms with Crippen molar-refractivity contribution in [3.63, 3.8) is 0 Å². The third-order valence-corrected chi connectivity index (χ3v) is 3.93. The number of hydrogen-bond acceptors (Lipinski definition) is 1. The standard InChI is InChI=1S/C10H19BrFN/c1-13(8-4-7-12)10-6-3-2-5-9(10)11/h9-10H,2-8H2,1H3. The smallest absolute Gasteiger partial charge is 0.0906 e. The van der Waals surface area contributed by atoms with Gasteiger partial charge in [0, 0.05) is 17.4 Å². The molecule has 13 heavy (non-hydrogen) atoms. The van der Waals surface area contributed by atoms with Crippen LogP contribution in [0, 0.1) is 0 Å². The second kappa shape index (κ2) is 5.97. The van der Waals surface area contributed by atoms with E-state index in [2.05, 4.69) is 27.9 Å². The summed E-state index contributed by atoms with van der Waals surface area (Å²) in [5, 5.41) is 0. The van der Waals surface area contributed by atoms with Crippen LogP contribution in [0.25, 0.3) is 0 Å². The second-order valence-electron chi connectivity index (χ2n) is 3.89. The summed E-state index contributed by atoms with van der Waals surface area (Å²) in [5.41, 5.74) is 0. The molecular formula is C10H19BrFN. The number of alkyl halides is 2. The largest absolute Gasteiger partial charge is 0.302 e. The van der Waals surface area contributed by atoms with Crippen molar-refractivity contribution in [2.45, 2.75) is 43.0 Å². The van der Waals surface area contributed by atoms with Gasteiger partial charge in [-0.1, -0.05) is 28.8 Å². The van der Waals surface area contributed by atoms with Crippen LogP contribution in [0.15, 0.2) is 0 Å². The molecule has 1 aliphatic carbocycles. The summed E-state index contributed by atoms with van der Waals surface area (Å²) in [6.45, 7) is 0.702. The van der Waals surface area contributed by atoms with Crippen LogP contribution in [0.4, 0.5) is 4.39 Å². The topological polar surface area (TPSA) is 3.24 Å². The van der Waals surface area contributed by atoms with Crippen LogP contribution in [0.3, 0.4) is 0 Å². The predicted molar refractivity (Wildman–Crippen MR) is 58.2 cm³/mol. The van der Waals surface area contributed by atoms with E-state index >= 15 is 0 Å². The lowest BCUT2D eigenvalue weighted by atomic mass is 9.94. The molecule has 0 N–H and O–H groups in total. The second-order valence-corrected chi connectivity index (χ2v) is 5.07. The minimum atomic E-state index is -0.190. The Bertz CT molecular complexity index is 143. The molecule has 1 aliphatic rings. The molecule has 0 saturated heterocycles. The molecule has 0 amide bonds. The van der Waals surface area contributed by atoms with Crippen molar-refractivity contribution in [1.82, 2.24) is 4.90 Å². The summed E-state index contributed by atoms with van der Waals surface area (Å²) in [4.78, 5) is 2.92. The van der Waals surface area contributed by atoms with E-state index < -0.39 is 0 Å². The molecule has 2 atom stereocenters. The van der Waals surface area contributed by atoms with E-state index in [1.807, 2.05) is 0 Å². The maximum Gasteiger partial charge on any atom is 0.0906 e. The third-order valence-electron chi connectivity index (χ3n) is 2.86. The molecule has 0 spiro atoms. The van der Waals surface area contributed by atoms with Gasteiger partial charge in [-0.05, 0) is 26.3 Å². The maximum absolute atomic E-state index is 12.0. The predicted octanol–water partition coefficient (Wildman–Crippen LogP) is 2.98. The zero-order valence-corrected chi connectivity index (χ0v) is 9.89. The number of hydrogen-bond donors (Lipinski definition) is 0. The van der Waals surface area contributed by atoms with E-state index in [-0.39, 0.29) is 6.67 Å². The monoisotopic (exact) mass is 251 g/mol. The van der Waals surface area contributed by atoms with Gasteiger partial charge < -0.3 is 4.90 Å². The first-order chi connectivity index (χ1) is 6.25. The lowest BCUT2D eigenvalue weighted by molar-refractivity contribution is 0.193. The van der Waals surface area contributed by atoms with E-state index in [1.165, 1.54) is 25.7 Å². The Hall–Kier alpha value is 0.370. The molecule has 1 fully saturated rings. The van der Waals surface area contributed by atoms with Crippen LogP contribution < -0.4 is 0 Å². The molecule has 0 aromatic rings. The number of rotatable bonds is 4. The highest BCUT2D eigenvalue weighted by atomic mass is 79.9. The Morgan fingerprint density at radius 3 is 2.69 bits per heavy atom. The molecule has 78 valence electrons. The number of nitrogens with zero attached hydrogens (tertiary/aromatic N) is 1. The lowest BCUT2D eigenvalue weighted by Gasteiger charge is -2.35. The van der Waals surface area contributed by atoms with Crippen molar-refractivity contribution < 1.29 is 4.39 Å². The zero-order chi connectivity index (χ0) is 9.68. The van der Waals surface area contributed by atoms with Crippen LogP contribution in [0.1, 0.15) is 32.1 Å². The van der Waals surface area contributed by atoms with Gasteiger partial charge in [-0.2, -0.15) is 0 Å². The molecule has 2 unspecified atom stereocenters. The zero-order valence-electron chi connectivity index (χ0n) is 8.31. The normalized spacial score (nSPS) is 29.5. The van der Waals surface area contributed by atoms with Crippen LogP contribution in [-0.2, 0) is 0 Å². The summed E-state index contributed by atoms with van der Waals surface area (Å²) in [6.07, 6.45) is 5.87. The molecule has 0 aliphatic heterocycles. The molecular weight excluding hydrogens is 233 g/mol. The van der Waals surface area contributed by atoms with Gasteiger partial charge in [-0.15, -0.1) is 0 Å². The van der Waals surface area contributed by atoms with E-state index in [0.29, 0.717) is 17.3 Å². The SMILES string of the molecule is CN(CCCF)C1CCCCC1Br. The summed E-state index contributed by atoms with van der Waals surface area (Å²) >= 11 is 3.71. The van der Waals surface area contributed by atoms with Gasteiger partial charge in [0.2, 0.25) is 0 Å². The quantitative estimate of drug-likeness (QED) is 0.695. The third kappa shape index (κ3) is 3.55. The van der Waals surface area contributed by atoms with Gasteiger partial charge in [0.05, 0.1) is 6.67 Å². The first-order valence-corrected chi connectivity index (χ1v) is 6.07. The summed E-state index contributed by atoms with van der Waals surface area (Å²) < 4.78 is 12.0. The molecule has 1 saturated carbocycles. The van der Waals surface area contributed by atoms with Gasteiger partial charge in [-0.25, -0.2) is 0 Å².